The van der Waals surface area contributed by atoms with Crippen LogP contribution in [0.3, 0.4) is 0 Å². The van der Waals surface area contributed by atoms with E-state index < -0.39 is 35.2 Å². The van der Waals surface area contributed by atoms with Crippen molar-refractivity contribution in [3.8, 4) is 0 Å². The number of rotatable bonds is 11. The van der Waals surface area contributed by atoms with E-state index in [1.807, 2.05) is 97.9 Å². The Morgan fingerprint density at radius 1 is 0.810 bits per heavy atom. The maximum Gasteiger partial charge on any atom is 0.320 e. The van der Waals surface area contributed by atoms with Gasteiger partial charge >= 0.3 is 17.9 Å². The molecule has 3 aromatic carbocycles. The van der Waals surface area contributed by atoms with Gasteiger partial charge in [-0.1, -0.05) is 91.9 Å². The number of nitrogens with zero attached hydrogens (tertiary/aromatic N) is 1. The van der Waals surface area contributed by atoms with Crippen LogP contribution in [0.4, 0.5) is 5.69 Å². The maximum atomic E-state index is 14.2. The van der Waals surface area contributed by atoms with Gasteiger partial charge in [-0.25, -0.2) is 4.99 Å². The SMILES string of the molecule is CCOC(=O)C(C=C(c1ccccc1)c1ccccc1)C1(CC(C(=O)OC)C(=O)OC)C(SCC)=Nc2ccccc21. The number of carbonyl (C=O) groups excluding carboxylic acids is 3. The Kier molecular flexibility index (Phi) is 10.4. The average Bonchev–Trinajstić information content (AvgIpc) is 3.33. The molecule has 1 heterocycles. The Bertz CT molecular complexity index is 1410. The minimum Gasteiger partial charge on any atom is -0.468 e. The van der Waals surface area contributed by atoms with Crippen LogP contribution in [-0.2, 0) is 34.0 Å². The van der Waals surface area contributed by atoms with Crippen LogP contribution in [0.5, 0.6) is 0 Å². The molecule has 0 aliphatic carbocycles. The van der Waals surface area contributed by atoms with Crippen LogP contribution in [0, 0.1) is 11.8 Å². The fourth-order valence-corrected chi connectivity index (χ4v) is 6.48. The smallest absolute Gasteiger partial charge is 0.320 e. The summed E-state index contributed by atoms with van der Waals surface area (Å²) < 4.78 is 15.9. The summed E-state index contributed by atoms with van der Waals surface area (Å²) in [6.07, 6.45) is 1.80. The molecule has 3 aromatic rings. The number of carbonyl (C=O) groups is 3. The summed E-state index contributed by atoms with van der Waals surface area (Å²) in [4.78, 5) is 45.4. The van der Waals surface area contributed by atoms with Gasteiger partial charge in [0.1, 0.15) is 0 Å². The molecular weight excluding hydrogens is 550 g/mol. The van der Waals surface area contributed by atoms with Gasteiger partial charge in [0, 0.05) is 0 Å². The lowest BCUT2D eigenvalue weighted by molar-refractivity contribution is -0.161. The van der Waals surface area contributed by atoms with Crippen molar-refractivity contribution in [3.05, 3.63) is 108 Å². The number of ether oxygens (including phenoxy) is 3. The molecule has 0 saturated carbocycles. The van der Waals surface area contributed by atoms with E-state index in [9.17, 15) is 14.4 Å². The van der Waals surface area contributed by atoms with Crippen molar-refractivity contribution >= 4 is 46.0 Å². The van der Waals surface area contributed by atoms with Crippen LogP contribution in [0.25, 0.3) is 5.57 Å². The summed E-state index contributed by atoms with van der Waals surface area (Å²) in [5, 5.41) is 0.624. The number of benzene rings is 3. The van der Waals surface area contributed by atoms with Crippen molar-refractivity contribution in [3.63, 3.8) is 0 Å². The summed E-state index contributed by atoms with van der Waals surface area (Å²) >= 11 is 1.47. The Morgan fingerprint density at radius 2 is 1.36 bits per heavy atom. The first-order valence-electron chi connectivity index (χ1n) is 13.9. The second-order valence-corrected chi connectivity index (χ2v) is 10.9. The first kappa shape index (κ1) is 30.8. The van der Waals surface area contributed by atoms with E-state index in [4.69, 9.17) is 19.2 Å². The summed E-state index contributed by atoms with van der Waals surface area (Å²) in [5.74, 6) is -3.61. The highest BCUT2D eigenvalue weighted by atomic mass is 32.2. The normalized spacial score (nSPS) is 16.2. The molecule has 7 nitrogen and oxygen atoms in total. The monoisotopic (exact) mass is 585 g/mol. The molecule has 2 atom stereocenters. The zero-order valence-electron chi connectivity index (χ0n) is 24.2. The van der Waals surface area contributed by atoms with Crippen LogP contribution >= 0.6 is 11.8 Å². The second kappa shape index (κ2) is 14.1. The zero-order valence-corrected chi connectivity index (χ0v) is 25.1. The molecule has 0 radical (unpaired) electrons. The van der Waals surface area contributed by atoms with Gasteiger partial charge in [-0.05, 0) is 47.4 Å². The van der Waals surface area contributed by atoms with Gasteiger partial charge in [0.25, 0.3) is 0 Å². The standard InChI is InChI=1S/C34H35NO6S/c1-5-41-32(38)28(21-25(23-15-9-7-10-16-23)24-17-11-8-12-18-24)34(22-26(30(36)39-3)31(37)40-4)27-19-13-14-20-29(27)35-33(34)42-6-2/h7-21,26,28H,5-6,22H2,1-4H3. The Labute approximate surface area is 251 Å². The fraction of sp³-hybridized carbons (Fsp3) is 0.294. The van der Waals surface area contributed by atoms with Gasteiger partial charge < -0.3 is 14.2 Å². The molecule has 4 rings (SSSR count). The minimum absolute atomic E-state index is 0.105. The lowest BCUT2D eigenvalue weighted by Crippen LogP contribution is -2.47. The molecule has 0 fully saturated rings. The van der Waals surface area contributed by atoms with Gasteiger partial charge in [-0.15, -0.1) is 11.8 Å². The molecule has 42 heavy (non-hydrogen) atoms. The third-order valence-electron chi connectivity index (χ3n) is 7.34. The Hall–Kier alpha value is -4.17. The number of hydrogen-bond acceptors (Lipinski definition) is 8. The molecule has 8 heteroatoms. The molecule has 0 bridgehead atoms. The van der Waals surface area contributed by atoms with Crippen molar-refractivity contribution in [1.82, 2.24) is 0 Å². The first-order valence-corrected chi connectivity index (χ1v) is 14.9. The van der Waals surface area contributed by atoms with E-state index in [0.717, 1.165) is 22.3 Å². The van der Waals surface area contributed by atoms with Gasteiger partial charge in [0.2, 0.25) is 0 Å². The zero-order chi connectivity index (χ0) is 30.1. The minimum atomic E-state index is -1.31. The number of fused-ring (bicyclic) bond motifs is 1. The molecule has 1 aliphatic heterocycles. The highest BCUT2D eigenvalue weighted by Gasteiger charge is 2.55. The van der Waals surface area contributed by atoms with Crippen LogP contribution in [0.2, 0.25) is 0 Å². The molecule has 0 spiro atoms. The number of methoxy groups -OCH3 is 2. The molecule has 2 unspecified atom stereocenters. The van der Waals surface area contributed by atoms with Crippen LogP contribution < -0.4 is 0 Å². The fourth-order valence-electron chi connectivity index (χ4n) is 5.47. The molecular formula is C34H35NO6S. The van der Waals surface area contributed by atoms with E-state index in [1.54, 1.807) is 6.92 Å². The molecule has 0 N–H and O–H groups in total. The summed E-state index contributed by atoms with van der Waals surface area (Å²) in [6, 6.07) is 27.1. The Morgan fingerprint density at radius 3 is 1.88 bits per heavy atom. The van der Waals surface area contributed by atoms with Gasteiger partial charge in [-0.2, -0.15) is 0 Å². The molecule has 1 aliphatic rings. The van der Waals surface area contributed by atoms with E-state index >= 15 is 0 Å². The number of hydrogen-bond donors (Lipinski definition) is 0. The van der Waals surface area contributed by atoms with Crippen molar-refractivity contribution in [1.29, 1.82) is 0 Å². The maximum absolute atomic E-state index is 14.2. The third-order valence-corrected chi connectivity index (χ3v) is 8.36. The first-order chi connectivity index (χ1) is 20.4. The lowest BCUT2D eigenvalue weighted by Gasteiger charge is -2.38. The van der Waals surface area contributed by atoms with Gasteiger partial charge in [-0.3, -0.25) is 14.4 Å². The topological polar surface area (TPSA) is 91.3 Å². The van der Waals surface area contributed by atoms with E-state index in [-0.39, 0.29) is 13.0 Å². The van der Waals surface area contributed by atoms with Crippen LogP contribution in [0.15, 0.2) is 96.0 Å². The second-order valence-electron chi connectivity index (χ2n) is 9.68. The van der Waals surface area contributed by atoms with E-state index in [1.165, 1.54) is 26.0 Å². The number of thioether (sulfide) groups is 1. The lowest BCUT2D eigenvalue weighted by atomic mass is 9.65. The average molecular weight is 586 g/mol. The highest BCUT2D eigenvalue weighted by Crippen LogP contribution is 2.53. The van der Waals surface area contributed by atoms with E-state index in [0.29, 0.717) is 16.5 Å². The van der Waals surface area contributed by atoms with Crippen LogP contribution in [-0.4, -0.2) is 49.5 Å². The van der Waals surface area contributed by atoms with Crippen molar-refractivity contribution in [2.24, 2.45) is 16.8 Å². The van der Waals surface area contributed by atoms with E-state index in [2.05, 4.69) is 0 Å². The van der Waals surface area contributed by atoms with Crippen molar-refractivity contribution < 1.29 is 28.6 Å². The number of aliphatic imine (C=N–C) groups is 1. The summed E-state index contributed by atoms with van der Waals surface area (Å²) in [5.41, 5.74) is 2.79. The third kappa shape index (κ3) is 6.19. The highest BCUT2D eigenvalue weighted by molar-refractivity contribution is 8.14. The summed E-state index contributed by atoms with van der Waals surface area (Å²) in [7, 11) is 2.46. The number of esters is 3. The molecule has 0 saturated heterocycles. The van der Waals surface area contributed by atoms with Crippen molar-refractivity contribution in [2.45, 2.75) is 25.7 Å². The predicted octanol–water partition coefficient (Wildman–Crippen LogP) is 6.38. The molecule has 0 aromatic heterocycles. The predicted molar refractivity (Wildman–Crippen MR) is 166 cm³/mol. The van der Waals surface area contributed by atoms with Crippen molar-refractivity contribution in [2.75, 3.05) is 26.6 Å². The molecule has 0 amide bonds. The number of para-hydroxylation sites is 1. The largest absolute Gasteiger partial charge is 0.468 e. The quantitative estimate of drug-likeness (QED) is 0.146. The van der Waals surface area contributed by atoms with Crippen LogP contribution in [0.1, 0.15) is 37.0 Å². The molecule has 218 valence electrons. The summed E-state index contributed by atoms with van der Waals surface area (Å²) in [6.45, 7) is 3.90. The Balaban J connectivity index is 2.08. The van der Waals surface area contributed by atoms with Gasteiger partial charge in [0.05, 0.1) is 42.9 Å². The van der Waals surface area contributed by atoms with Gasteiger partial charge in [0.15, 0.2) is 5.92 Å².